The van der Waals surface area contributed by atoms with E-state index in [-0.39, 0.29) is 0 Å². The van der Waals surface area contributed by atoms with E-state index in [0.29, 0.717) is 0 Å². The van der Waals surface area contributed by atoms with Gasteiger partial charge in [0.2, 0.25) is 0 Å². The Morgan fingerprint density at radius 3 is 2.80 bits per heavy atom. The zero-order valence-corrected chi connectivity index (χ0v) is 6.33. The molecule has 0 aliphatic rings. The maximum atomic E-state index is 5.08. The standard InChI is InChI=1S/C7H13N3/c1-3-4-5-9-6-7(2)10-8/h3-6,10H,8H2,1-2H3/b4-3+,7-6+,9-5+. The lowest BCUT2D eigenvalue weighted by Gasteiger charge is -1.92. The van der Waals surface area contributed by atoms with E-state index in [0.717, 1.165) is 5.70 Å². The molecule has 0 fully saturated rings. The lowest BCUT2D eigenvalue weighted by Crippen LogP contribution is -2.18. The first kappa shape index (κ1) is 8.91. The number of hydrogen-bond acceptors (Lipinski definition) is 3. The van der Waals surface area contributed by atoms with Crippen molar-refractivity contribution in [2.75, 3.05) is 0 Å². The highest BCUT2D eigenvalue weighted by Gasteiger charge is 1.74. The smallest absolute Gasteiger partial charge is 0.0468 e. The number of nitrogens with zero attached hydrogens (tertiary/aromatic N) is 1. The van der Waals surface area contributed by atoms with Crippen LogP contribution in [0, 0.1) is 0 Å². The van der Waals surface area contributed by atoms with E-state index in [1.54, 1.807) is 12.4 Å². The molecular weight excluding hydrogens is 126 g/mol. The number of aliphatic imine (C=N–C) groups is 1. The molecule has 0 aromatic rings. The molecular formula is C7H13N3. The van der Waals surface area contributed by atoms with Crippen molar-refractivity contribution in [3.63, 3.8) is 0 Å². The van der Waals surface area contributed by atoms with Crippen molar-refractivity contribution in [1.82, 2.24) is 5.43 Å². The molecule has 3 nitrogen and oxygen atoms in total. The second-order valence-corrected chi connectivity index (χ2v) is 1.78. The van der Waals surface area contributed by atoms with Gasteiger partial charge in [0.25, 0.3) is 0 Å². The lowest BCUT2D eigenvalue weighted by molar-refractivity contribution is 0.881. The predicted octanol–water partition coefficient (Wildman–Crippen LogP) is 0.958. The van der Waals surface area contributed by atoms with E-state index in [4.69, 9.17) is 5.84 Å². The summed E-state index contributed by atoms with van der Waals surface area (Å²) in [5, 5.41) is 0. The van der Waals surface area contributed by atoms with Gasteiger partial charge in [0.15, 0.2) is 0 Å². The molecule has 0 amide bonds. The molecule has 56 valence electrons. The SMILES string of the molecule is C/C=C/C=N/C=C(\C)NN. The molecule has 3 N–H and O–H groups in total. The first-order valence-corrected chi connectivity index (χ1v) is 3.09. The Morgan fingerprint density at radius 2 is 2.30 bits per heavy atom. The molecule has 0 spiro atoms. The number of nitrogens with two attached hydrogens (primary N) is 1. The second-order valence-electron chi connectivity index (χ2n) is 1.78. The van der Waals surface area contributed by atoms with E-state index in [2.05, 4.69) is 10.4 Å². The Hall–Kier alpha value is -1.09. The van der Waals surface area contributed by atoms with Gasteiger partial charge in [-0.3, -0.25) is 10.8 Å². The van der Waals surface area contributed by atoms with Crippen LogP contribution in [0.1, 0.15) is 13.8 Å². The monoisotopic (exact) mass is 139 g/mol. The van der Waals surface area contributed by atoms with Crippen molar-refractivity contribution < 1.29 is 0 Å². The molecule has 0 unspecified atom stereocenters. The molecule has 0 atom stereocenters. The normalized spacial score (nSPS) is 13.3. The fraction of sp³-hybridized carbons (Fsp3) is 0.286. The fourth-order valence-corrected chi connectivity index (χ4v) is 0.328. The van der Waals surface area contributed by atoms with Gasteiger partial charge in [0.05, 0.1) is 0 Å². The van der Waals surface area contributed by atoms with Crippen molar-refractivity contribution >= 4 is 6.21 Å². The predicted molar refractivity (Wildman–Crippen MR) is 44.4 cm³/mol. The fourth-order valence-electron chi connectivity index (χ4n) is 0.328. The molecule has 0 bridgehead atoms. The third-order valence-corrected chi connectivity index (χ3v) is 0.860. The number of hydrogen-bond donors (Lipinski definition) is 2. The van der Waals surface area contributed by atoms with Gasteiger partial charge in [-0.05, 0) is 19.9 Å². The zero-order chi connectivity index (χ0) is 7.82. The van der Waals surface area contributed by atoms with Crippen molar-refractivity contribution in [3.05, 3.63) is 24.0 Å². The second kappa shape index (κ2) is 6.04. The first-order chi connectivity index (χ1) is 4.81. The van der Waals surface area contributed by atoms with Crippen LogP contribution in [0.3, 0.4) is 0 Å². The summed E-state index contributed by atoms with van der Waals surface area (Å²) >= 11 is 0. The molecule has 0 aromatic carbocycles. The third kappa shape index (κ3) is 5.05. The van der Waals surface area contributed by atoms with Gasteiger partial charge >= 0.3 is 0 Å². The van der Waals surface area contributed by atoms with Gasteiger partial charge in [0.1, 0.15) is 0 Å². The van der Waals surface area contributed by atoms with Crippen LogP contribution in [0.2, 0.25) is 0 Å². The molecule has 0 radical (unpaired) electrons. The molecule has 10 heavy (non-hydrogen) atoms. The highest BCUT2D eigenvalue weighted by molar-refractivity contribution is 5.71. The van der Waals surface area contributed by atoms with Gasteiger partial charge in [-0.2, -0.15) is 0 Å². The molecule has 0 saturated heterocycles. The Kier molecular flexibility index (Phi) is 5.38. The summed E-state index contributed by atoms with van der Waals surface area (Å²) in [6.07, 6.45) is 7.10. The Labute approximate surface area is 61.3 Å². The van der Waals surface area contributed by atoms with Crippen LogP contribution in [0.15, 0.2) is 29.0 Å². The van der Waals surface area contributed by atoms with E-state index in [1.165, 1.54) is 0 Å². The van der Waals surface area contributed by atoms with Crippen LogP contribution in [0.5, 0.6) is 0 Å². The summed E-state index contributed by atoms with van der Waals surface area (Å²) in [5.74, 6) is 5.08. The van der Waals surface area contributed by atoms with Crippen molar-refractivity contribution in [1.29, 1.82) is 0 Å². The highest BCUT2D eigenvalue weighted by Crippen LogP contribution is 1.82. The molecule has 0 aliphatic heterocycles. The average Bonchev–Trinajstić information content (AvgIpc) is 1.98. The van der Waals surface area contributed by atoms with E-state index < -0.39 is 0 Å². The Balaban J connectivity index is 3.70. The summed E-state index contributed by atoms with van der Waals surface area (Å²) in [6.45, 7) is 3.77. The average molecular weight is 139 g/mol. The largest absolute Gasteiger partial charge is 0.327 e. The first-order valence-electron chi connectivity index (χ1n) is 3.09. The van der Waals surface area contributed by atoms with E-state index in [1.807, 2.05) is 26.0 Å². The molecule has 0 aliphatic carbocycles. The topological polar surface area (TPSA) is 50.4 Å². The van der Waals surface area contributed by atoms with Crippen molar-refractivity contribution in [2.45, 2.75) is 13.8 Å². The summed E-state index contributed by atoms with van der Waals surface area (Å²) in [7, 11) is 0. The number of allylic oxidation sites excluding steroid dienone is 3. The Bertz CT molecular complexity index is 156. The highest BCUT2D eigenvalue weighted by atomic mass is 15.2. The van der Waals surface area contributed by atoms with Crippen LogP contribution in [0.25, 0.3) is 0 Å². The van der Waals surface area contributed by atoms with Crippen LogP contribution in [0.4, 0.5) is 0 Å². The van der Waals surface area contributed by atoms with Crippen LogP contribution in [-0.4, -0.2) is 6.21 Å². The molecule has 0 heterocycles. The minimum Gasteiger partial charge on any atom is -0.327 e. The van der Waals surface area contributed by atoms with Crippen LogP contribution >= 0.6 is 0 Å². The van der Waals surface area contributed by atoms with Crippen molar-refractivity contribution in [2.24, 2.45) is 10.8 Å². The number of nitrogens with one attached hydrogen (secondary N) is 1. The van der Waals surface area contributed by atoms with Crippen LogP contribution < -0.4 is 11.3 Å². The molecule has 0 aromatic heterocycles. The molecule has 3 heteroatoms. The van der Waals surface area contributed by atoms with Gasteiger partial charge < -0.3 is 5.43 Å². The van der Waals surface area contributed by atoms with Gasteiger partial charge in [-0.15, -0.1) is 0 Å². The van der Waals surface area contributed by atoms with E-state index >= 15 is 0 Å². The van der Waals surface area contributed by atoms with Gasteiger partial charge in [0, 0.05) is 18.1 Å². The third-order valence-electron chi connectivity index (χ3n) is 0.860. The summed E-state index contributed by atoms with van der Waals surface area (Å²) in [4.78, 5) is 3.92. The number of hydrazine groups is 1. The zero-order valence-electron chi connectivity index (χ0n) is 6.33. The van der Waals surface area contributed by atoms with Gasteiger partial charge in [-0.1, -0.05) is 6.08 Å². The van der Waals surface area contributed by atoms with E-state index in [9.17, 15) is 0 Å². The Morgan fingerprint density at radius 1 is 1.60 bits per heavy atom. The summed E-state index contributed by atoms with van der Waals surface area (Å²) in [6, 6.07) is 0. The van der Waals surface area contributed by atoms with Gasteiger partial charge in [-0.25, -0.2) is 0 Å². The quantitative estimate of drug-likeness (QED) is 0.347. The maximum Gasteiger partial charge on any atom is 0.0468 e. The summed E-state index contributed by atoms with van der Waals surface area (Å²) in [5.41, 5.74) is 3.30. The minimum absolute atomic E-state index is 0.834. The maximum absolute atomic E-state index is 5.08. The minimum atomic E-state index is 0.834. The summed E-state index contributed by atoms with van der Waals surface area (Å²) < 4.78 is 0. The molecule has 0 rings (SSSR count). The lowest BCUT2D eigenvalue weighted by atomic mass is 10.5. The van der Waals surface area contributed by atoms with Crippen molar-refractivity contribution in [3.8, 4) is 0 Å². The number of rotatable bonds is 3. The van der Waals surface area contributed by atoms with Crippen LogP contribution in [-0.2, 0) is 0 Å². The molecule has 0 saturated carbocycles.